The summed E-state index contributed by atoms with van der Waals surface area (Å²) in [6, 6.07) is 18.5. The fourth-order valence-electron chi connectivity index (χ4n) is 6.35. The number of anilines is 1. The maximum atomic E-state index is 13.5. The maximum absolute atomic E-state index is 13.5. The van der Waals surface area contributed by atoms with Gasteiger partial charge in [-0.3, -0.25) is 14.9 Å². The second-order valence-corrected chi connectivity index (χ2v) is 15.1. The molecule has 2 aromatic heterocycles. The van der Waals surface area contributed by atoms with Gasteiger partial charge in [0.2, 0.25) is 0 Å². The molecular weight excluding hydrogens is 731 g/mol. The number of unbranched alkanes of at least 4 members (excludes halogenated alkanes) is 2. The van der Waals surface area contributed by atoms with Crippen LogP contribution in [0, 0.1) is 0 Å². The Kier molecular flexibility index (Phi) is 15.4. The van der Waals surface area contributed by atoms with Crippen molar-refractivity contribution in [2.45, 2.75) is 83.4 Å². The van der Waals surface area contributed by atoms with Crippen LogP contribution in [0.4, 0.5) is 10.5 Å². The van der Waals surface area contributed by atoms with Gasteiger partial charge in [0.25, 0.3) is 5.91 Å². The summed E-state index contributed by atoms with van der Waals surface area (Å²) in [7, 11) is 0. The number of nitrogens with one attached hydrogen (secondary N) is 3. The van der Waals surface area contributed by atoms with E-state index in [9.17, 15) is 14.4 Å². The highest BCUT2D eigenvalue weighted by Crippen LogP contribution is 2.36. The van der Waals surface area contributed by atoms with Gasteiger partial charge in [0, 0.05) is 62.1 Å². The molecule has 1 aliphatic rings. The van der Waals surface area contributed by atoms with E-state index >= 15 is 0 Å². The van der Waals surface area contributed by atoms with Crippen molar-refractivity contribution in [3.63, 3.8) is 0 Å². The molecule has 2 amide bonds. The third-order valence-electron chi connectivity index (χ3n) is 9.39. The summed E-state index contributed by atoms with van der Waals surface area (Å²) in [6.45, 7) is 10.2. The molecule has 1 fully saturated rings. The number of aromatic nitrogens is 4. The Hall–Kier alpha value is -5.54. The predicted molar refractivity (Wildman–Crippen MR) is 214 cm³/mol. The molecule has 1 aliphatic heterocycles. The summed E-state index contributed by atoms with van der Waals surface area (Å²) < 4.78 is 22.1. The monoisotopic (exact) mass is 785 g/mol. The lowest BCUT2D eigenvalue weighted by molar-refractivity contribution is -0.142. The minimum Gasteiger partial charge on any atom is -0.494 e. The van der Waals surface area contributed by atoms with Gasteiger partial charge < -0.3 is 39.6 Å². The first-order valence-electron chi connectivity index (χ1n) is 19.5. The van der Waals surface area contributed by atoms with E-state index in [1.165, 1.54) is 0 Å². The first-order valence-corrected chi connectivity index (χ1v) is 19.5. The van der Waals surface area contributed by atoms with Crippen LogP contribution in [0.15, 0.2) is 73.1 Å². The number of carbonyl (C=O) groups is 3. The molecule has 0 aliphatic carbocycles. The summed E-state index contributed by atoms with van der Waals surface area (Å²) in [5.41, 5.74) is 1.70. The molecule has 3 heterocycles. The number of ether oxygens (including phenoxy) is 4. The number of pyridine rings is 1. The lowest BCUT2D eigenvalue weighted by Crippen LogP contribution is -2.50. The van der Waals surface area contributed by atoms with Gasteiger partial charge >= 0.3 is 12.1 Å². The van der Waals surface area contributed by atoms with Crippen molar-refractivity contribution in [2.75, 3.05) is 51.4 Å². The Morgan fingerprint density at radius 2 is 1.61 bits per heavy atom. The van der Waals surface area contributed by atoms with Gasteiger partial charge in [-0.25, -0.2) is 14.6 Å². The number of H-pyrrole nitrogens is 1. The molecule has 4 N–H and O–H groups in total. The molecule has 0 spiro atoms. The topological polar surface area (TPSA) is 190 Å². The zero-order valence-corrected chi connectivity index (χ0v) is 33.3. The van der Waals surface area contributed by atoms with E-state index in [1.807, 2.05) is 82.3 Å². The van der Waals surface area contributed by atoms with Crippen LogP contribution < -0.4 is 15.4 Å². The number of benzene rings is 2. The highest BCUT2D eigenvalue weighted by molar-refractivity contribution is 5.95. The normalized spacial score (nSPS) is 14.4. The van der Waals surface area contributed by atoms with Crippen molar-refractivity contribution in [2.24, 2.45) is 0 Å². The van der Waals surface area contributed by atoms with Crippen molar-refractivity contribution >= 4 is 23.7 Å². The second-order valence-electron chi connectivity index (χ2n) is 15.1. The van der Waals surface area contributed by atoms with Crippen LogP contribution in [0.3, 0.4) is 0 Å². The third kappa shape index (κ3) is 13.3. The van der Waals surface area contributed by atoms with E-state index in [0.29, 0.717) is 76.0 Å². The van der Waals surface area contributed by atoms with Gasteiger partial charge in [0.1, 0.15) is 23.5 Å². The Balaban J connectivity index is 1.13. The number of rotatable bonds is 20. The van der Waals surface area contributed by atoms with Crippen LogP contribution in [-0.4, -0.2) is 99.9 Å². The molecule has 0 radical (unpaired) electrons. The number of carboxylic acids is 1. The lowest BCUT2D eigenvalue weighted by Gasteiger charge is -2.41. The summed E-state index contributed by atoms with van der Waals surface area (Å²) in [6.07, 6.45) is 7.52. The van der Waals surface area contributed by atoms with E-state index in [1.54, 1.807) is 23.4 Å². The van der Waals surface area contributed by atoms with E-state index in [2.05, 4.69) is 25.8 Å². The molecule has 1 unspecified atom stereocenters. The van der Waals surface area contributed by atoms with Crippen molar-refractivity contribution in [1.82, 2.24) is 30.4 Å². The SMILES string of the molecule is CC(NC(=O)c1cccc(NC2(c3nc(-c4ccncc4)n[nH]3)CCN(C(=O)OC(C)(C)C)CC2)c1)c1ccc(OCCCCCOCCCOCC(=O)O)cc1. The lowest BCUT2D eigenvalue weighted by atomic mass is 9.86. The molecule has 5 rings (SSSR count). The number of aliphatic carboxylic acids is 1. The molecule has 15 nitrogen and oxygen atoms in total. The van der Waals surface area contributed by atoms with Crippen LogP contribution >= 0.6 is 0 Å². The second kappa shape index (κ2) is 20.6. The predicted octanol–water partition coefficient (Wildman–Crippen LogP) is 6.75. The summed E-state index contributed by atoms with van der Waals surface area (Å²) in [5, 5.41) is 23.0. The summed E-state index contributed by atoms with van der Waals surface area (Å²) >= 11 is 0. The minimum atomic E-state index is -0.968. The highest BCUT2D eigenvalue weighted by atomic mass is 16.6. The van der Waals surface area contributed by atoms with Gasteiger partial charge in [0.05, 0.1) is 12.6 Å². The first-order chi connectivity index (χ1) is 27.4. The third-order valence-corrected chi connectivity index (χ3v) is 9.39. The number of nitrogens with zero attached hydrogens (tertiary/aromatic N) is 4. The molecule has 0 saturated carbocycles. The van der Waals surface area contributed by atoms with Crippen LogP contribution in [0.1, 0.15) is 94.0 Å². The smallest absolute Gasteiger partial charge is 0.410 e. The van der Waals surface area contributed by atoms with Gasteiger partial charge in [-0.15, -0.1) is 0 Å². The summed E-state index contributed by atoms with van der Waals surface area (Å²) in [5.74, 6) is 0.757. The van der Waals surface area contributed by atoms with Crippen molar-refractivity contribution in [3.05, 3.63) is 90.0 Å². The fourth-order valence-corrected chi connectivity index (χ4v) is 6.35. The zero-order valence-electron chi connectivity index (χ0n) is 33.3. The minimum absolute atomic E-state index is 0.213. The van der Waals surface area contributed by atoms with Gasteiger partial charge in [0.15, 0.2) is 11.6 Å². The van der Waals surface area contributed by atoms with E-state index in [4.69, 9.17) is 29.0 Å². The molecule has 2 aromatic carbocycles. The first kappa shape index (κ1) is 42.6. The molecular formula is C42H55N7O8. The van der Waals surface area contributed by atoms with Crippen LogP contribution in [0.2, 0.25) is 0 Å². The van der Waals surface area contributed by atoms with Crippen LogP contribution in [-0.2, 0) is 24.5 Å². The molecule has 1 atom stereocenters. The number of piperidine rings is 1. The zero-order chi connectivity index (χ0) is 40.7. The van der Waals surface area contributed by atoms with Crippen molar-refractivity contribution in [1.29, 1.82) is 0 Å². The van der Waals surface area contributed by atoms with Crippen LogP contribution in [0.25, 0.3) is 11.4 Å². The van der Waals surface area contributed by atoms with Crippen LogP contribution in [0.5, 0.6) is 5.75 Å². The largest absolute Gasteiger partial charge is 0.494 e. The summed E-state index contributed by atoms with van der Waals surface area (Å²) in [4.78, 5) is 47.6. The number of hydrogen-bond donors (Lipinski definition) is 4. The van der Waals surface area contributed by atoms with E-state index < -0.39 is 17.1 Å². The molecule has 57 heavy (non-hydrogen) atoms. The Labute approximate surface area is 333 Å². The number of amides is 2. The molecule has 1 saturated heterocycles. The van der Waals surface area contributed by atoms with Crippen molar-refractivity contribution < 1.29 is 38.4 Å². The number of carbonyl (C=O) groups excluding carboxylic acids is 2. The number of aromatic amines is 1. The Morgan fingerprint density at radius 1 is 0.912 bits per heavy atom. The highest BCUT2D eigenvalue weighted by Gasteiger charge is 2.41. The molecule has 306 valence electrons. The van der Waals surface area contributed by atoms with Crippen molar-refractivity contribution in [3.8, 4) is 17.1 Å². The maximum Gasteiger partial charge on any atom is 0.410 e. The standard InChI is InChI=1S/C42H55N7O8/c1-30(31-12-14-35(15-13-31)56-27-7-5-6-24-54-25-9-26-55-29-36(50)51)44-38(52)33-10-8-11-34(28-33)46-42(18-22-49(23-19-42)40(53)57-41(2,3)4)39-45-37(47-48-39)32-16-20-43-21-17-32/h8,10-17,20-21,28,30,46H,5-7,9,18-19,22-27,29H2,1-4H3,(H,44,52)(H,50,51)(H,45,47,48). The van der Waals surface area contributed by atoms with E-state index in [0.717, 1.165) is 41.8 Å². The number of likely N-dealkylation sites (tertiary alicyclic amines) is 1. The van der Waals surface area contributed by atoms with E-state index in [-0.39, 0.29) is 24.6 Å². The Morgan fingerprint density at radius 3 is 2.33 bits per heavy atom. The quantitative estimate of drug-likeness (QED) is 0.0691. The molecule has 0 bridgehead atoms. The molecule has 15 heteroatoms. The van der Waals surface area contributed by atoms with Gasteiger partial charge in [-0.1, -0.05) is 18.2 Å². The average Bonchev–Trinajstić information content (AvgIpc) is 3.70. The Bertz CT molecular complexity index is 1870. The number of hydrogen-bond acceptors (Lipinski definition) is 11. The molecule has 4 aromatic rings. The van der Waals surface area contributed by atoms with Gasteiger partial charge in [-0.2, -0.15) is 5.10 Å². The number of carboxylic acid groups (broad SMARTS) is 1. The van der Waals surface area contributed by atoms with Gasteiger partial charge in [-0.05, 0) is 114 Å². The average molecular weight is 786 g/mol. The fraction of sp³-hybridized carbons (Fsp3) is 0.476.